The van der Waals surface area contributed by atoms with Crippen LogP contribution in [0.2, 0.25) is 0 Å². The van der Waals surface area contributed by atoms with E-state index in [1.54, 1.807) is 14.2 Å². The second-order valence-electron chi connectivity index (χ2n) is 6.37. The Kier molecular flexibility index (Phi) is 7.73. The van der Waals surface area contributed by atoms with Gasteiger partial charge < -0.3 is 24.8 Å². The van der Waals surface area contributed by atoms with Crippen molar-refractivity contribution in [3.63, 3.8) is 0 Å². The summed E-state index contributed by atoms with van der Waals surface area (Å²) in [4.78, 5) is 0. The molecule has 0 radical (unpaired) electrons. The minimum absolute atomic E-state index is 0.0555. The van der Waals surface area contributed by atoms with Gasteiger partial charge in [0.2, 0.25) is 0 Å². The summed E-state index contributed by atoms with van der Waals surface area (Å²) in [6.45, 7) is 6.11. The molecule has 27 heavy (non-hydrogen) atoms. The molecular formula is C21H28N2O3S. The van der Waals surface area contributed by atoms with Gasteiger partial charge in [-0.1, -0.05) is 19.1 Å². The molecule has 6 heteroatoms. The third kappa shape index (κ3) is 6.03. The van der Waals surface area contributed by atoms with Crippen LogP contribution in [-0.4, -0.2) is 25.4 Å². The molecule has 2 rings (SSSR count). The van der Waals surface area contributed by atoms with Crippen LogP contribution in [0.1, 0.15) is 38.8 Å². The predicted octanol–water partition coefficient (Wildman–Crippen LogP) is 4.93. The van der Waals surface area contributed by atoms with Crippen LogP contribution in [0.25, 0.3) is 0 Å². The van der Waals surface area contributed by atoms with E-state index in [9.17, 15) is 0 Å². The van der Waals surface area contributed by atoms with Crippen LogP contribution < -0.4 is 24.8 Å². The number of anilines is 1. The van der Waals surface area contributed by atoms with Crippen LogP contribution in [0.15, 0.2) is 42.5 Å². The highest BCUT2D eigenvalue weighted by atomic mass is 32.1. The average molecular weight is 389 g/mol. The lowest BCUT2D eigenvalue weighted by atomic mass is 10.0. The third-order valence-electron chi connectivity index (χ3n) is 3.99. The van der Waals surface area contributed by atoms with Crippen LogP contribution in [0.4, 0.5) is 5.69 Å². The van der Waals surface area contributed by atoms with Gasteiger partial charge in [0.1, 0.15) is 5.75 Å². The standard InChI is InChI=1S/C21H28N2O3S/c1-6-18(15-10-11-19(24-4)20(12-15)25-5)23-21(27)22-16-8-7-9-17(13-16)26-14(2)3/h7-14,18H,6H2,1-5H3,(H2,22,23,27). The molecule has 0 saturated heterocycles. The van der Waals surface area contributed by atoms with E-state index >= 15 is 0 Å². The van der Waals surface area contributed by atoms with Crippen molar-refractivity contribution < 1.29 is 14.2 Å². The van der Waals surface area contributed by atoms with Gasteiger partial charge in [0.05, 0.1) is 26.4 Å². The Morgan fingerprint density at radius 3 is 2.41 bits per heavy atom. The molecule has 1 unspecified atom stereocenters. The van der Waals surface area contributed by atoms with E-state index in [1.165, 1.54) is 0 Å². The molecule has 146 valence electrons. The number of ether oxygens (including phenoxy) is 3. The molecule has 0 aromatic heterocycles. The van der Waals surface area contributed by atoms with E-state index in [2.05, 4.69) is 17.6 Å². The fourth-order valence-electron chi connectivity index (χ4n) is 2.74. The smallest absolute Gasteiger partial charge is 0.171 e. The highest BCUT2D eigenvalue weighted by Crippen LogP contribution is 2.31. The third-order valence-corrected chi connectivity index (χ3v) is 4.21. The first kappa shape index (κ1) is 20.8. The number of benzene rings is 2. The second-order valence-corrected chi connectivity index (χ2v) is 6.78. The highest BCUT2D eigenvalue weighted by Gasteiger charge is 2.14. The molecule has 0 fully saturated rings. The van der Waals surface area contributed by atoms with E-state index in [1.807, 2.05) is 56.3 Å². The predicted molar refractivity (Wildman–Crippen MR) is 114 cm³/mol. The van der Waals surface area contributed by atoms with Crippen LogP contribution in [0.5, 0.6) is 17.2 Å². The fraction of sp³-hybridized carbons (Fsp3) is 0.381. The molecule has 5 nitrogen and oxygen atoms in total. The van der Waals surface area contributed by atoms with Crippen LogP contribution >= 0.6 is 12.2 Å². The zero-order valence-electron chi connectivity index (χ0n) is 16.5. The number of hydrogen-bond donors (Lipinski definition) is 2. The van der Waals surface area contributed by atoms with Crippen molar-refractivity contribution in [2.24, 2.45) is 0 Å². The van der Waals surface area contributed by atoms with Gasteiger partial charge in [0.15, 0.2) is 16.6 Å². The Labute approximate surface area is 167 Å². The topological polar surface area (TPSA) is 51.8 Å². The van der Waals surface area contributed by atoms with Crippen molar-refractivity contribution in [2.75, 3.05) is 19.5 Å². The molecule has 2 aromatic rings. The van der Waals surface area contributed by atoms with Crippen molar-refractivity contribution in [1.29, 1.82) is 0 Å². The van der Waals surface area contributed by atoms with Crippen molar-refractivity contribution in [2.45, 2.75) is 39.3 Å². The minimum atomic E-state index is 0.0555. The van der Waals surface area contributed by atoms with Crippen molar-refractivity contribution in [3.05, 3.63) is 48.0 Å². The van der Waals surface area contributed by atoms with E-state index < -0.39 is 0 Å². The maximum Gasteiger partial charge on any atom is 0.171 e. The van der Waals surface area contributed by atoms with Crippen molar-refractivity contribution in [1.82, 2.24) is 5.32 Å². The first-order valence-electron chi connectivity index (χ1n) is 9.03. The SMILES string of the molecule is CCC(NC(=S)Nc1cccc(OC(C)C)c1)c1ccc(OC)c(OC)c1. The summed E-state index contributed by atoms with van der Waals surface area (Å²) >= 11 is 5.50. The Morgan fingerprint density at radius 1 is 1.04 bits per heavy atom. The second kappa shape index (κ2) is 10.0. The monoisotopic (exact) mass is 388 g/mol. The minimum Gasteiger partial charge on any atom is -0.493 e. The van der Waals surface area contributed by atoms with Gasteiger partial charge in [-0.05, 0) is 62.3 Å². The lowest BCUT2D eigenvalue weighted by molar-refractivity contribution is 0.242. The molecule has 0 bridgehead atoms. The van der Waals surface area contributed by atoms with E-state index in [-0.39, 0.29) is 12.1 Å². The summed E-state index contributed by atoms with van der Waals surface area (Å²) in [5.41, 5.74) is 1.96. The number of methoxy groups -OCH3 is 2. The molecule has 0 aliphatic rings. The van der Waals surface area contributed by atoms with Crippen molar-refractivity contribution in [3.8, 4) is 17.2 Å². The summed E-state index contributed by atoms with van der Waals surface area (Å²) in [5.74, 6) is 2.22. The number of hydrogen-bond acceptors (Lipinski definition) is 4. The zero-order valence-corrected chi connectivity index (χ0v) is 17.4. The van der Waals surface area contributed by atoms with Crippen molar-refractivity contribution >= 4 is 23.0 Å². The number of rotatable bonds is 8. The van der Waals surface area contributed by atoms with Gasteiger partial charge in [-0.3, -0.25) is 0 Å². The highest BCUT2D eigenvalue weighted by molar-refractivity contribution is 7.80. The van der Waals surface area contributed by atoms with Gasteiger partial charge in [0, 0.05) is 11.8 Å². The maximum absolute atomic E-state index is 5.73. The molecule has 0 aliphatic carbocycles. The Bertz CT molecular complexity index is 765. The van der Waals surface area contributed by atoms with Crippen LogP contribution in [0, 0.1) is 0 Å². The largest absolute Gasteiger partial charge is 0.493 e. The molecule has 0 spiro atoms. The first-order chi connectivity index (χ1) is 13.0. The summed E-state index contributed by atoms with van der Waals surface area (Å²) in [7, 11) is 3.26. The molecular weight excluding hydrogens is 360 g/mol. The molecule has 0 saturated carbocycles. The van der Waals surface area contributed by atoms with Gasteiger partial charge in [-0.15, -0.1) is 0 Å². The Morgan fingerprint density at radius 2 is 1.78 bits per heavy atom. The first-order valence-corrected chi connectivity index (χ1v) is 9.43. The normalized spacial score (nSPS) is 11.6. The van der Waals surface area contributed by atoms with Gasteiger partial charge >= 0.3 is 0 Å². The lowest BCUT2D eigenvalue weighted by Gasteiger charge is -2.21. The number of thiocarbonyl (C=S) groups is 1. The summed E-state index contributed by atoms with van der Waals surface area (Å²) in [6.07, 6.45) is 0.994. The summed E-state index contributed by atoms with van der Waals surface area (Å²) in [6, 6.07) is 13.7. The van der Waals surface area contributed by atoms with Gasteiger partial charge in [0.25, 0.3) is 0 Å². The summed E-state index contributed by atoms with van der Waals surface area (Å²) in [5, 5.41) is 7.14. The number of nitrogens with one attached hydrogen (secondary N) is 2. The van der Waals surface area contributed by atoms with E-state index in [0.29, 0.717) is 16.6 Å². The van der Waals surface area contributed by atoms with Gasteiger partial charge in [-0.25, -0.2) is 0 Å². The molecule has 1 atom stereocenters. The molecule has 0 heterocycles. The Balaban J connectivity index is 2.07. The molecule has 0 amide bonds. The fourth-order valence-corrected chi connectivity index (χ4v) is 3.00. The average Bonchev–Trinajstić information content (AvgIpc) is 2.65. The van der Waals surface area contributed by atoms with E-state index in [4.69, 9.17) is 26.4 Å². The van der Waals surface area contributed by atoms with E-state index in [0.717, 1.165) is 23.4 Å². The molecule has 2 N–H and O–H groups in total. The Hall–Kier alpha value is -2.47. The lowest BCUT2D eigenvalue weighted by Crippen LogP contribution is -2.32. The molecule has 2 aromatic carbocycles. The maximum atomic E-state index is 5.73. The zero-order chi connectivity index (χ0) is 19.8. The van der Waals surface area contributed by atoms with Crippen LogP contribution in [-0.2, 0) is 0 Å². The quantitative estimate of drug-likeness (QED) is 0.626. The summed E-state index contributed by atoms with van der Waals surface area (Å²) < 4.78 is 16.4. The molecule has 0 aliphatic heterocycles. The van der Waals surface area contributed by atoms with Crippen LogP contribution in [0.3, 0.4) is 0 Å². The van der Waals surface area contributed by atoms with Gasteiger partial charge in [-0.2, -0.15) is 0 Å².